The number of hydrogen-bond acceptors (Lipinski definition) is 4. The van der Waals surface area contributed by atoms with Crippen molar-refractivity contribution in [3.63, 3.8) is 0 Å². The van der Waals surface area contributed by atoms with E-state index in [2.05, 4.69) is 42.3 Å². The number of nitrogens with two attached hydrogens (primary N) is 1. The van der Waals surface area contributed by atoms with Crippen LogP contribution in [-0.4, -0.2) is 17.4 Å². The Kier molecular flexibility index (Phi) is 4.50. The molecule has 3 rings (SSSR count). The van der Waals surface area contributed by atoms with Crippen molar-refractivity contribution in [2.75, 3.05) is 6.54 Å². The number of nitrogens with zero attached hydrogens (tertiary/aromatic N) is 1. The molecule has 1 heterocycles. The molecular weight excluding hydrogens is 306 g/mol. The SMILES string of the molecule is CC1(C)CCC(NC(=O)c2csc(CCN)n2)c2ccccc21. The number of benzene rings is 1. The number of aromatic nitrogens is 1. The summed E-state index contributed by atoms with van der Waals surface area (Å²) in [6, 6.07) is 8.48. The first-order valence-corrected chi connectivity index (χ1v) is 8.94. The van der Waals surface area contributed by atoms with E-state index in [1.54, 1.807) is 0 Å². The molecule has 3 N–H and O–H groups in total. The Hall–Kier alpha value is -1.72. The fourth-order valence-corrected chi connectivity index (χ4v) is 4.04. The molecule has 122 valence electrons. The van der Waals surface area contributed by atoms with Crippen LogP contribution in [0.15, 0.2) is 29.6 Å². The minimum Gasteiger partial charge on any atom is -0.344 e. The van der Waals surface area contributed by atoms with Gasteiger partial charge in [-0.25, -0.2) is 4.98 Å². The lowest BCUT2D eigenvalue weighted by Gasteiger charge is -2.37. The number of hydrogen-bond donors (Lipinski definition) is 2. The third kappa shape index (κ3) is 3.31. The Morgan fingerprint density at radius 1 is 1.43 bits per heavy atom. The number of carbonyl (C=O) groups is 1. The Labute approximate surface area is 141 Å². The Balaban J connectivity index is 1.79. The van der Waals surface area contributed by atoms with E-state index in [-0.39, 0.29) is 17.4 Å². The molecule has 1 aromatic heterocycles. The lowest BCUT2D eigenvalue weighted by atomic mass is 9.71. The molecule has 1 amide bonds. The normalized spacial score (nSPS) is 19.2. The van der Waals surface area contributed by atoms with Gasteiger partial charge in [-0.1, -0.05) is 38.1 Å². The zero-order chi connectivity index (χ0) is 16.4. The molecule has 1 aliphatic rings. The molecule has 0 radical (unpaired) electrons. The van der Waals surface area contributed by atoms with Crippen molar-refractivity contribution in [1.29, 1.82) is 0 Å². The molecule has 1 aromatic carbocycles. The number of amides is 1. The molecule has 1 aliphatic carbocycles. The molecule has 0 fully saturated rings. The van der Waals surface area contributed by atoms with E-state index in [4.69, 9.17) is 5.73 Å². The summed E-state index contributed by atoms with van der Waals surface area (Å²) in [5.74, 6) is -0.0935. The van der Waals surface area contributed by atoms with E-state index in [0.717, 1.165) is 24.3 Å². The van der Waals surface area contributed by atoms with Crippen LogP contribution in [-0.2, 0) is 11.8 Å². The monoisotopic (exact) mass is 329 g/mol. The summed E-state index contributed by atoms with van der Waals surface area (Å²) in [6.45, 7) is 5.09. The van der Waals surface area contributed by atoms with Crippen LogP contribution in [0, 0.1) is 0 Å². The standard InChI is InChI=1S/C18H23N3OS/c1-18(2)9-7-14(12-5-3-4-6-13(12)18)21-17(22)15-11-23-16(20-15)8-10-19/h3-6,11,14H,7-10,19H2,1-2H3,(H,21,22). The zero-order valence-electron chi connectivity index (χ0n) is 13.6. The van der Waals surface area contributed by atoms with Gasteiger partial charge in [0.2, 0.25) is 0 Å². The molecule has 0 aliphatic heterocycles. The number of rotatable bonds is 4. The topological polar surface area (TPSA) is 68.0 Å². The van der Waals surface area contributed by atoms with Crippen LogP contribution in [0.4, 0.5) is 0 Å². The number of fused-ring (bicyclic) bond motifs is 1. The van der Waals surface area contributed by atoms with E-state index in [0.29, 0.717) is 12.2 Å². The Morgan fingerprint density at radius 2 is 2.22 bits per heavy atom. The third-order valence-electron chi connectivity index (χ3n) is 4.57. The van der Waals surface area contributed by atoms with Crippen molar-refractivity contribution in [3.8, 4) is 0 Å². The van der Waals surface area contributed by atoms with Crippen LogP contribution in [0.2, 0.25) is 0 Å². The van der Waals surface area contributed by atoms with Crippen LogP contribution >= 0.6 is 11.3 Å². The van der Waals surface area contributed by atoms with Gasteiger partial charge >= 0.3 is 0 Å². The number of carbonyl (C=O) groups excluding carboxylic acids is 1. The molecule has 0 saturated heterocycles. The van der Waals surface area contributed by atoms with Gasteiger partial charge in [0.25, 0.3) is 5.91 Å². The second kappa shape index (κ2) is 6.42. The van der Waals surface area contributed by atoms with Gasteiger partial charge in [0.05, 0.1) is 11.0 Å². The lowest BCUT2D eigenvalue weighted by molar-refractivity contribution is 0.0925. The Morgan fingerprint density at radius 3 is 3.00 bits per heavy atom. The van der Waals surface area contributed by atoms with Crippen molar-refractivity contribution in [1.82, 2.24) is 10.3 Å². The van der Waals surface area contributed by atoms with Crippen molar-refractivity contribution < 1.29 is 4.79 Å². The number of thiazole rings is 1. The average Bonchev–Trinajstić information content (AvgIpc) is 3.00. The van der Waals surface area contributed by atoms with E-state index in [1.165, 1.54) is 22.5 Å². The van der Waals surface area contributed by atoms with Crippen LogP contribution in [0.5, 0.6) is 0 Å². The zero-order valence-corrected chi connectivity index (χ0v) is 14.5. The maximum atomic E-state index is 12.5. The van der Waals surface area contributed by atoms with E-state index >= 15 is 0 Å². The van der Waals surface area contributed by atoms with Crippen LogP contribution in [0.1, 0.15) is 59.4 Å². The number of nitrogens with one attached hydrogen (secondary N) is 1. The third-order valence-corrected chi connectivity index (χ3v) is 5.48. The maximum absolute atomic E-state index is 12.5. The van der Waals surface area contributed by atoms with Gasteiger partial charge in [-0.05, 0) is 35.9 Å². The molecule has 5 heteroatoms. The van der Waals surface area contributed by atoms with Gasteiger partial charge in [0, 0.05) is 11.8 Å². The maximum Gasteiger partial charge on any atom is 0.271 e. The van der Waals surface area contributed by atoms with E-state index in [1.807, 2.05) is 11.4 Å². The van der Waals surface area contributed by atoms with Crippen molar-refractivity contribution in [3.05, 3.63) is 51.5 Å². The highest BCUT2D eigenvalue weighted by Gasteiger charge is 2.33. The van der Waals surface area contributed by atoms with Crippen molar-refractivity contribution in [2.24, 2.45) is 5.73 Å². The molecule has 1 unspecified atom stereocenters. The molecule has 1 atom stereocenters. The summed E-state index contributed by atoms with van der Waals surface area (Å²) in [5.41, 5.74) is 8.76. The molecule has 4 nitrogen and oxygen atoms in total. The summed E-state index contributed by atoms with van der Waals surface area (Å²) in [7, 11) is 0. The first-order valence-electron chi connectivity index (χ1n) is 8.06. The smallest absolute Gasteiger partial charge is 0.271 e. The summed E-state index contributed by atoms with van der Waals surface area (Å²) in [4.78, 5) is 16.9. The first kappa shape index (κ1) is 16.1. The van der Waals surface area contributed by atoms with E-state index < -0.39 is 0 Å². The van der Waals surface area contributed by atoms with Crippen LogP contribution in [0.3, 0.4) is 0 Å². The highest BCUT2D eigenvalue weighted by Crippen LogP contribution is 2.41. The molecule has 23 heavy (non-hydrogen) atoms. The van der Waals surface area contributed by atoms with Gasteiger partial charge in [-0.3, -0.25) is 4.79 Å². The fraction of sp³-hybridized carbons (Fsp3) is 0.444. The average molecular weight is 329 g/mol. The van der Waals surface area contributed by atoms with Crippen molar-refractivity contribution in [2.45, 2.75) is 44.6 Å². The summed E-state index contributed by atoms with van der Waals surface area (Å²) in [6.07, 6.45) is 2.73. The Bertz CT molecular complexity index is 708. The molecule has 0 spiro atoms. The van der Waals surface area contributed by atoms with Crippen LogP contribution < -0.4 is 11.1 Å². The predicted molar refractivity (Wildman–Crippen MR) is 93.8 cm³/mol. The molecule has 0 bridgehead atoms. The second-order valence-corrected chi connectivity index (χ2v) is 7.64. The lowest BCUT2D eigenvalue weighted by Crippen LogP contribution is -2.35. The largest absolute Gasteiger partial charge is 0.344 e. The van der Waals surface area contributed by atoms with E-state index in [9.17, 15) is 4.79 Å². The summed E-state index contributed by atoms with van der Waals surface area (Å²) >= 11 is 1.50. The quantitative estimate of drug-likeness (QED) is 0.905. The van der Waals surface area contributed by atoms with Gasteiger partial charge < -0.3 is 11.1 Å². The van der Waals surface area contributed by atoms with Gasteiger partial charge in [-0.2, -0.15) is 0 Å². The second-order valence-electron chi connectivity index (χ2n) is 6.70. The molecule has 0 saturated carbocycles. The minimum atomic E-state index is -0.0935. The van der Waals surface area contributed by atoms with Gasteiger partial charge in [0.1, 0.15) is 5.69 Å². The van der Waals surface area contributed by atoms with Gasteiger partial charge in [-0.15, -0.1) is 11.3 Å². The molecular formula is C18H23N3OS. The molecule has 2 aromatic rings. The highest BCUT2D eigenvalue weighted by molar-refractivity contribution is 7.09. The van der Waals surface area contributed by atoms with Gasteiger partial charge in [0.15, 0.2) is 0 Å². The predicted octanol–water partition coefficient (Wildman–Crippen LogP) is 3.19. The summed E-state index contributed by atoms with van der Waals surface area (Å²) in [5, 5.41) is 5.90. The fourth-order valence-electron chi connectivity index (χ4n) is 3.25. The van der Waals surface area contributed by atoms with Crippen LogP contribution in [0.25, 0.3) is 0 Å². The highest BCUT2D eigenvalue weighted by atomic mass is 32.1. The minimum absolute atomic E-state index is 0.0615. The summed E-state index contributed by atoms with van der Waals surface area (Å²) < 4.78 is 0. The first-order chi connectivity index (χ1) is 11.0. The van der Waals surface area contributed by atoms with Crippen molar-refractivity contribution >= 4 is 17.2 Å².